The Kier molecular flexibility index (Phi) is 6.81. The summed E-state index contributed by atoms with van der Waals surface area (Å²) >= 11 is 0. The molecule has 0 fully saturated rings. The highest BCUT2D eigenvalue weighted by molar-refractivity contribution is 6.07. The summed E-state index contributed by atoms with van der Waals surface area (Å²) in [6, 6.07) is 21.0. The number of carbonyl (C=O) groups excluding carboxylic acids is 2. The Hall–Kier alpha value is -4.10. The van der Waals surface area contributed by atoms with Crippen LogP contribution in [0.5, 0.6) is 17.2 Å². The van der Waals surface area contributed by atoms with Crippen LogP contribution >= 0.6 is 0 Å². The summed E-state index contributed by atoms with van der Waals surface area (Å²) in [7, 11) is 1.54. The molecule has 0 bridgehead atoms. The van der Waals surface area contributed by atoms with Crippen LogP contribution < -0.4 is 20.3 Å². The maximum atomic E-state index is 13.0. The van der Waals surface area contributed by atoms with E-state index in [1.54, 1.807) is 67.8 Å². The van der Waals surface area contributed by atoms with Crippen molar-refractivity contribution in [3.05, 3.63) is 90.0 Å². The van der Waals surface area contributed by atoms with Crippen LogP contribution in [0.15, 0.2) is 78.9 Å². The second-order valence-corrected chi connectivity index (χ2v) is 6.10. The number of ether oxygens (including phenoxy) is 2. The van der Waals surface area contributed by atoms with Gasteiger partial charge < -0.3 is 14.8 Å². The van der Waals surface area contributed by atoms with E-state index in [0.717, 1.165) is 6.08 Å². The molecule has 0 atom stereocenters. The highest BCUT2D eigenvalue weighted by Crippen LogP contribution is 2.33. The minimum atomic E-state index is -0.674. The summed E-state index contributed by atoms with van der Waals surface area (Å²) in [5, 5.41) is 11.4. The van der Waals surface area contributed by atoms with Crippen molar-refractivity contribution < 1.29 is 24.3 Å². The predicted molar refractivity (Wildman–Crippen MR) is 113 cm³/mol. The first kappa shape index (κ1) is 20.6. The van der Waals surface area contributed by atoms with Crippen LogP contribution in [-0.2, 0) is 4.79 Å². The SMILES string of the molecule is COc1ccccc1Oc1ccccc1C(=O)Nc1ccccc1/C=C/C(=O)NO. The Balaban J connectivity index is 1.86. The molecule has 7 nitrogen and oxygen atoms in total. The number of hydrogen-bond acceptors (Lipinski definition) is 5. The second-order valence-electron chi connectivity index (χ2n) is 6.10. The smallest absolute Gasteiger partial charge is 0.267 e. The fraction of sp³-hybridized carbons (Fsp3) is 0.0435. The zero-order valence-electron chi connectivity index (χ0n) is 16.2. The number of anilines is 1. The normalized spacial score (nSPS) is 10.5. The maximum absolute atomic E-state index is 13.0. The molecule has 0 saturated heterocycles. The van der Waals surface area contributed by atoms with Crippen LogP contribution in [0, 0.1) is 0 Å². The minimum Gasteiger partial charge on any atom is -0.493 e. The van der Waals surface area contributed by atoms with Crippen molar-refractivity contribution in [2.45, 2.75) is 0 Å². The lowest BCUT2D eigenvalue weighted by molar-refractivity contribution is -0.124. The Morgan fingerprint density at radius 1 is 0.867 bits per heavy atom. The number of hydrogen-bond donors (Lipinski definition) is 3. The van der Waals surface area contributed by atoms with Crippen LogP contribution in [0.1, 0.15) is 15.9 Å². The van der Waals surface area contributed by atoms with Gasteiger partial charge in [-0.3, -0.25) is 14.8 Å². The van der Waals surface area contributed by atoms with Gasteiger partial charge in [0, 0.05) is 11.8 Å². The molecule has 3 aromatic carbocycles. The monoisotopic (exact) mass is 404 g/mol. The Bertz CT molecular complexity index is 1080. The minimum absolute atomic E-state index is 0.329. The van der Waals surface area contributed by atoms with Gasteiger partial charge in [-0.05, 0) is 42.0 Å². The maximum Gasteiger partial charge on any atom is 0.267 e. The quantitative estimate of drug-likeness (QED) is 0.311. The lowest BCUT2D eigenvalue weighted by Gasteiger charge is -2.14. The van der Waals surface area contributed by atoms with Gasteiger partial charge in [-0.1, -0.05) is 42.5 Å². The van der Waals surface area contributed by atoms with Gasteiger partial charge in [-0.2, -0.15) is 0 Å². The highest BCUT2D eigenvalue weighted by Gasteiger charge is 2.15. The molecular weight excluding hydrogens is 384 g/mol. The van der Waals surface area contributed by atoms with Crippen LogP contribution in [0.25, 0.3) is 6.08 Å². The van der Waals surface area contributed by atoms with E-state index in [4.69, 9.17) is 14.7 Å². The third-order valence-electron chi connectivity index (χ3n) is 4.15. The van der Waals surface area contributed by atoms with Crippen LogP contribution in [0.4, 0.5) is 5.69 Å². The van der Waals surface area contributed by atoms with E-state index < -0.39 is 5.91 Å². The molecule has 0 radical (unpaired) electrons. The van der Waals surface area contributed by atoms with E-state index >= 15 is 0 Å². The average Bonchev–Trinajstić information content (AvgIpc) is 2.79. The summed E-state index contributed by atoms with van der Waals surface area (Å²) < 4.78 is 11.2. The van der Waals surface area contributed by atoms with E-state index in [9.17, 15) is 9.59 Å². The van der Waals surface area contributed by atoms with E-state index in [2.05, 4.69) is 5.32 Å². The first-order valence-electron chi connectivity index (χ1n) is 9.05. The molecule has 0 unspecified atom stereocenters. The molecule has 0 aromatic heterocycles. The second kappa shape index (κ2) is 9.90. The molecule has 0 aliphatic heterocycles. The molecule has 3 rings (SSSR count). The van der Waals surface area contributed by atoms with Gasteiger partial charge in [0.05, 0.1) is 12.7 Å². The Morgan fingerprint density at radius 2 is 1.50 bits per heavy atom. The number of para-hydroxylation sites is 4. The molecule has 3 aromatic rings. The Labute approximate surface area is 173 Å². The van der Waals surface area contributed by atoms with Crippen molar-refractivity contribution in [3.8, 4) is 17.2 Å². The summed E-state index contributed by atoms with van der Waals surface area (Å²) in [6.45, 7) is 0. The molecule has 3 N–H and O–H groups in total. The van der Waals surface area contributed by atoms with Gasteiger partial charge in [-0.15, -0.1) is 0 Å². The highest BCUT2D eigenvalue weighted by atomic mass is 16.5. The summed E-state index contributed by atoms with van der Waals surface area (Å²) in [5.41, 5.74) is 2.94. The number of rotatable bonds is 7. The van der Waals surface area contributed by atoms with Crippen LogP contribution in [-0.4, -0.2) is 24.1 Å². The van der Waals surface area contributed by atoms with Crippen molar-refractivity contribution in [3.63, 3.8) is 0 Å². The van der Waals surface area contributed by atoms with Gasteiger partial charge in [0.25, 0.3) is 11.8 Å². The molecule has 0 spiro atoms. The topological polar surface area (TPSA) is 96.9 Å². The zero-order valence-corrected chi connectivity index (χ0v) is 16.2. The van der Waals surface area contributed by atoms with Crippen LogP contribution in [0.2, 0.25) is 0 Å². The van der Waals surface area contributed by atoms with Crippen molar-refractivity contribution in [1.29, 1.82) is 0 Å². The number of methoxy groups -OCH3 is 1. The fourth-order valence-corrected chi connectivity index (χ4v) is 2.71. The zero-order chi connectivity index (χ0) is 21.3. The third-order valence-corrected chi connectivity index (χ3v) is 4.15. The van der Waals surface area contributed by atoms with Gasteiger partial charge in [0.15, 0.2) is 11.5 Å². The Morgan fingerprint density at radius 3 is 2.23 bits per heavy atom. The van der Waals surface area contributed by atoms with E-state index in [1.807, 2.05) is 12.1 Å². The molecule has 2 amide bonds. The lowest BCUT2D eigenvalue weighted by Crippen LogP contribution is -2.15. The van der Waals surface area contributed by atoms with E-state index in [-0.39, 0.29) is 5.91 Å². The van der Waals surface area contributed by atoms with Gasteiger partial charge in [-0.25, -0.2) is 5.48 Å². The summed E-state index contributed by atoms with van der Waals surface area (Å²) in [4.78, 5) is 24.2. The molecule has 152 valence electrons. The van der Waals surface area contributed by atoms with Crippen molar-refractivity contribution in [1.82, 2.24) is 5.48 Å². The first-order chi connectivity index (χ1) is 14.6. The van der Waals surface area contributed by atoms with Crippen molar-refractivity contribution in [2.75, 3.05) is 12.4 Å². The molecule has 0 aliphatic carbocycles. The number of carbonyl (C=O) groups is 2. The molecular formula is C23H20N2O5. The van der Waals surface area contributed by atoms with E-state index in [1.165, 1.54) is 11.6 Å². The number of nitrogens with one attached hydrogen (secondary N) is 2. The van der Waals surface area contributed by atoms with Crippen LogP contribution in [0.3, 0.4) is 0 Å². The molecule has 0 heterocycles. The van der Waals surface area contributed by atoms with Gasteiger partial charge >= 0.3 is 0 Å². The van der Waals surface area contributed by atoms with Gasteiger partial charge in [0.2, 0.25) is 0 Å². The van der Waals surface area contributed by atoms with E-state index in [0.29, 0.717) is 34.1 Å². The molecule has 0 saturated carbocycles. The molecule has 7 heteroatoms. The molecule has 30 heavy (non-hydrogen) atoms. The molecule has 0 aliphatic rings. The summed E-state index contributed by atoms with van der Waals surface area (Å²) in [6.07, 6.45) is 2.64. The average molecular weight is 404 g/mol. The lowest BCUT2D eigenvalue weighted by atomic mass is 10.1. The summed E-state index contributed by atoms with van der Waals surface area (Å²) in [5.74, 6) is 0.343. The first-order valence-corrected chi connectivity index (χ1v) is 9.05. The fourth-order valence-electron chi connectivity index (χ4n) is 2.71. The number of hydroxylamine groups is 1. The van der Waals surface area contributed by atoms with Gasteiger partial charge in [0.1, 0.15) is 5.75 Å². The number of benzene rings is 3. The standard InChI is InChI=1S/C23H20N2O5/c1-29-20-12-6-7-13-21(20)30-19-11-5-3-9-17(19)23(27)24-18-10-4-2-8-16(18)14-15-22(26)25-28/h2-15,28H,1H3,(H,24,27)(H,25,26)/b15-14+. The van der Waals surface area contributed by atoms with Crippen molar-refractivity contribution in [2.24, 2.45) is 0 Å². The van der Waals surface area contributed by atoms with Crippen molar-refractivity contribution >= 4 is 23.6 Å². The predicted octanol–water partition coefficient (Wildman–Crippen LogP) is 4.26. The third kappa shape index (κ3) is 5.03. The largest absolute Gasteiger partial charge is 0.493 e. The number of amides is 2.